The first-order valence-corrected chi connectivity index (χ1v) is 6.82. The number of ether oxygens (including phenoxy) is 1. The van der Waals surface area contributed by atoms with E-state index < -0.39 is 46.2 Å². The van der Waals surface area contributed by atoms with Crippen molar-refractivity contribution in [2.75, 3.05) is 0 Å². The summed E-state index contributed by atoms with van der Waals surface area (Å²) < 4.78 is 59.1. The second-order valence-corrected chi connectivity index (χ2v) is 5.37. The maximum Gasteiger partial charge on any atom is 0.342 e. The molecule has 2 aromatic carbocycles. The summed E-state index contributed by atoms with van der Waals surface area (Å²) in [6, 6.07) is 5.37. The number of hydrogen-bond acceptors (Lipinski definition) is 3. The highest BCUT2D eigenvalue weighted by Crippen LogP contribution is 2.43. The van der Waals surface area contributed by atoms with E-state index in [-0.39, 0.29) is 11.1 Å². The van der Waals surface area contributed by atoms with Crippen LogP contribution in [-0.4, -0.2) is 16.9 Å². The summed E-state index contributed by atoms with van der Waals surface area (Å²) in [5.74, 6) is -7.74. The van der Waals surface area contributed by atoms with Crippen LogP contribution in [0, 0.1) is 23.3 Å². The van der Waals surface area contributed by atoms with Crippen LogP contribution in [-0.2, 0) is 9.53 Å². The molecule has 1 aliphatic heterocycles. The van der Waals surface area contributed by atoms with Gasteiger partial charge in [-0.1, -0.05) is 12.1 Å². The molecular weight excluding hydrogens is 328 g/mol. The number of hydrogen-bond donors (Lipinski definition) is 1. The maximum absolute atomic E-state index is 14.1. The lowest BCUT2D eigenvalue weighted by molar-refractivity contribution is -0.169. The highest BCUT2D eigenvalue weighted by Gasteiger charge is 2.45. The molecule has 1 heterocycles. The Morgan fingerprint density at radius 3 is 2.04 bits per heavy atom. The molecule has 24 heavy (non-hydrogen) atoms. The summed E-state index contributed by atoms with van der Waals surface area (Å²) in [7, 11) is 0. The minimum atomic E-state index is -2.18. The predicted molar refractivity (Wildman–Crippen MR) is 76.2 cm³/mol. The fourth-order valence-electron chi connectivity index (χ4n) is 2.65. The van der Waals surface area contributed by atoms with Gasteiger partial charge in [0, 0.05) is 24.6 Å². The molecule has 1 aliphatic rings. The van der Waals surface area contributed by atoms with Gasteiger partial charge in [0.15, 0.2) is 0 Å². The maximum atomic E-state index is 14.1. The molecule has 0 saturated carbocycles. The van der Waals surface area contributed by atoms with Gasteiger partial charge < -0.3 is 9.84 Å². The van der Waals surface area contributed by atoms with E-state index in [4.69, 9.17) is 4.74 Å². The van der Waals surface area contributed by atoms with Gasteiger partial charge in [0.2, 0.25) is 5.79 Å². The predicted octanol–water partition coefficient (Wildman–Crippen LogP) is 3.42. The Morgan fingerprint density at radius 2 is 1.50 bits per heavy atom. The summed E-state index contributed by atoms with van der Waals surface area (Å²) >= 11 is 0. The van der Waals surface area contributed by atoms with Gasteiger partial charge >= 0.3 is 5.97 Å². The number of esters is 1. The smallest absolute Gasteiger partial charge is 0.342 e. The first kappa shape index (κ1) is 16.2. The van der Waals surface area contributed by atoms with Gasteiger partial charge in [0.25, 0.3) is 0 Å². The molecule has 0 aliphatic carbocycles. The first-order chi connectivity index (χ1) is 11.2. The van der Waals surface area contributed by atoms with Crippen molar-refractivity contribution in [3.05, 3.63) is 70.8 Å². The second-order valence-electron chi connectivity index (χ2n) is 5.37. The van der Waals surface area contributed by atoms with Crippen molar-refractivity contribution in [2.24, 2.45) is 0 Å². The number of halogens is 4. The summed E-state index contributed by atoms with van der Waals surface area (Å²) in [5, 5.41) is 10.3. The van der Waals surface area contributed by atoms with E-state index >= 15 is 0 Å². The van der Waals surface area contributed by atoms with Crippen molar-refractivity contribution in [1.29, 1.82) is 0 Å². The Kier molecular flexibility index (Phi) is 3.68. The van der Waals surface area contributed by atoms with Crippen LogP contribution in [0.3, 0.4) is 0 Å². The molecule has 1 atom stereocenters. The average Bonchev–Trinajstić information content (AvgIpc) is 2.68. The van der Waals surface area contributed by atoms with Gasteiger partial charge in [-0.15, -0.1) is 0 Å². The Hall–Kier alpha value is -2.67. The van der Waals surface area contributed by atoms with Gasteiger partial charge in [-0.3, -0.25) is 0 Å². The van der Waals surface area contributed by atoms with Crippen molar-refractivity contribution < 1.29 is 32.2 Å². The van der Waals surface area contributed by atoms with Crippen LogP contribution in [0.1, 0.15) is 18.1 Å². The lowest BCUT2D eigenvalue weighted by Crippen LogP contribution is -2.26. The van der Waals surface area contributed by atoms with Crippen LogP contribution in [0.2, 0.25) is 0 Å². The largest absolute Gasteiger partial charge is 0.425 e. The van der Waals surface area contributed by atoms with Crippen molar-refractivity contribution in [3.63, 3.8) is 0 Å². The highest BCUT2D eigenvalue weighted by molar-refractivity contribution is 6.28. The standard InChI is InChI=1S/C17H10F4O3/c1-17(23)15(8-2-4-9(18)5-3-8)14(16(22)24-17)13-11(20)6-10(19)7-12(13)21/h2-7,23H,1H3. The lowest BCUT2D eigenvalue weighted by Gasteiger charge is -2.20. The molecule has 0 saturated heterocycles. The molecule has 2 aromatic rings. The van der Waals surface area contributed by atoms with Gasteiger partial charge in [0.1, 0.15) is 23.3 Å². The Balaban J connectivity index is 2.34. The van der Waals surface area contributed by atoms with Crippen molar-refractivity contribution in [3.8, 4) is 0 Å². The Morgan fingerprint density at radius 1 is 0.958 bits per heavy atom. The SMILES string of the molecule is CC1(O)OC(=O)C(c2c(F)cc(F)cc2F)=C1c1ccc(F)cc1. The highest BCUT2D eigenvalue weighted by atomic mass is 19.1. The average molecular weight is 338 g/mol. The Bertz CT molecular complexity index is 847. The molecule has 124 valence electrons. The number of benzene rings is 2. The van der Waals surface area contributed by atoms with E-state index in [1.165, 1.54) is 12.1 Å². The summed E-state index contributed by atoms with van der Waals surface area (Å²) in [4.78, 5) is 12.1. The molecule has 0 bridgehead atoms. The third-order valence-corrected chi connectivity index (χ3v) is 3.60. The third kappa shape index (κ3) is 2.56. The zero-order valence-corrected chi connectivity index (χ0v) is 12.2. The van der Waals surface area contributed by atoms with E-state index in [1.54, 1.807) is 0 Å². The number of carbonyl (C=O) groups excluding carboxylic acids is 1. The van der Waals surface area contributed by atoms with E-state index in [1.807, 2.05) is 0 Å². The van der Waals surface area contributed by atoms with E-state index in [2.05, 4.69) is 0 Å². The number of rotatable bonds is 2. The van der Waals surface area contributed by atoms with E-state index in [0.717, 1.165) is 19.1 Å². The van der Waals surface area contributed by atoms with Crippen molar-refractivity contribution >= 4 is 17.1 Å². The molecular formula is C17H10F4O3. The molecule has 1 N–H and O–H groups in total. The number of aliphatic hydroxyl groups is 1. The first-order valence-electron chi connectivity index (χ1n) is 6.82. The van der Waals surface area contributed by atoms with Crippen LogP contribution < -0.4 is 0 Å². The topological polar surface area (TPSA) is 46.5 Å². The van der Waals surface area contributed by atoms with Crippen LogP contribution >= 0.6 is 0 Å². The molecule has 0 aromatic heterocycles. The normalized spacial score (nSPS) is 20.5. The third-order valence-electron chi connectivity index (χ3n) is 3.60. The molecule has 3 rings (SSSR count). The van der Waals surface area contributed by atoms with E-state index in [9.17, 15) is 27.5 Å². The second kappa shape index (κ2) is 5.45. The minimum absolute atomic E-state index is 0.130. The van der Waals surface area contributed by atoms with Gasteiger partial charge in [-0.25, -0.2) is 22.4 Å². The molecule has 0 fully saturated rings. The molecule has 7 heteroatoms. The summed E-state index contributed by atoms with van der Waals surface area (Å²) in [5.41, 5.74) is -1.51. The zero-order chi connectivity index (χ0) is 17.6. The molecule has 0 radical (unpaired) electrons. The zero-order valence-electron chi connectivity index (χ0n) is 12.2. The van der Waals surface area contributed by atoms with Gasteiger partial charge in [0.05, 0.1) is 11.1 Å². The van der Waals surface area contributed by atoms with Crippen molar-refractivity contribution in [2.45, 2.75) is 12.7 Å². The summed E-state index contributed by atoms with van der Waals surface area (Å²) in [6.45, 7) is 1.11. The monoisotopic (exact) mass is 338 g/mol. The fraction of sp³-hybridized carbons (Fsp3) is 0.118. The lowest BCUT2D eigenvalue weighted by atomic mass is 9.91. The van der Waals surface area contributed by atoms with Crippen LogP contribution in [0.4, 0.5) is 17.6 Å². The van der Waals surface area contributed by atoms with Crippen molar-refractivity contribution in [1.82, 2.24) is 0 Å². The van der Waals surface area contributed by atoms with Crippen LogP contribution in [0.15, 0.2) is 36.4 Å². The number of carbonyl (C=O) groups is 1. The van der Waals surface area contributed by atoms with Crippen LogP contribution in [0.5, 0.6) is 0 Å². The van der Waals surface area contributed by atoms with E-state index in [0.29, 0.717) is 12.1 Å². The molecule has 3 nitrogen and oxygen atoms in total. The fourth-order valence-corrected chi connectivity index (χ4v) is 2.65. The Labute approximate surface area is 133 Å². The molecule has 1 unspecified atom stereocenters. The van der Waals surface area contributed by atoms with Gasteiger partial charge in [-0.2, -0.15) is 0 Å². The van der Waals surface area contributed by atoms with Gasteiger partial charge in [-0.05, 0) is 17.7 Å². The number of cyclic esters (lactones) is 1. The van der Waals surface area contributed by atoms with Crippen LogP contribution in [0.25, 0.3) is 11.1 Å². The minimum Gasteiger partial charge on any atom is -0.425 e. The quantitative estimate of drug-likeness (QED) is 0.674. The molecule has 0 amide bonds. The summed E-state index contributed by atoms with van der Waals surface area (Å²) in [6.07, 6.45) is 0. The molecule has 0 spiro atoms.